The molecule has 0 aromatic rings. The largest absolute Gasteiger partial charge is 0.481 e. The maximum atomic E-state index is 11.0. The molecule has 0 amide bonds. The molecule has 1 aliphatic carbocycles. The Bertz CT molecular complexity index is 273. The molecule has 0 saturated heterocycles. The molecule has 0 bridgehead atoms. The maximum Gasteiger partial charge on any atom is 0.310 e. The molecule has 4 nitrogen and oxygen atoms in total. The number of nitrogens with zero attached hydrogens (tertiary/aromatic N) is 1. The van der Waals surface area contributed by atoms with Gasteiger partial charge in [-0.15, -0.1) is 0 Å². The summed E-state index contributed by atoms with van der Waals surface area (Å²) in [6.45, 7) is 6.06. The first kappa shape index (κ1) is 16.4. The molecule has 1 aliphatic rings. The molecule has 4 heteroatoms. The van der Waals surface area contributed by atoms with Gasteiger partial charge >= 0.3 is 5.97 Å². The molecule has 2 N–H and O–H groups in total. The van der Waals surface area contributed by atoms with Crippen LogP contribution < -0.4 is 5.32 Å². The Hall–Kier alpha value is -0.610. The fourth-order valence-electron chi connectivity index (χ4n) is 2.63. The summed E-state index contributed by atoms with van der Waals surface area (Å²) >= 11 is 0. The predicted octanol–water partition coefficient (Wildman–Crippen LogP) is 2.34. The van der Waals surface area contributed by atoms with Crippen LogP contribution in [0.25, 0.3) is 0 Å². The lowest BCUT2D eigenvalue weighted by molar-refractivity contribution is -0.146. The zero-order valence-corrected chi connectivity index (χ0v) is 12.7. The molecule has 0 spiro atoms. The van der Waals surface area contributed by atoms with E-state index >= 15 is 0 Å². The molecule has 1 saturated carbocycles. The number of nitrogens with one attached hydrogen (secondary N) is 1. The van der Waals surface area contributed by atoms with Gasteiger partial charge in [0.2, 0.25) is 0 Å². The third-order valence-electron chi connectivity index (χ3n) is 4.21. The van der Waals surface area contributed by atoms with Gasteiger partial charge in [-0.2, -0.15) is 0 Å². The van der Waals surface area contributed by atoms with Crippen LogP contribution in [0.4, 0.5) is 0 Å². The maximum absolute atomic E-state index is 11.0. The van der Waals surface area contributed by atoms with Crippen LogP contribution in [-0.4, -0.2) is 48.7 Å². The summed E-state index contributed by atoms with van der Waals surface area (Å²) in [4.78, 5) is 13.4. The van der Waals surface area contributed by atoms with Gasteiger partial charge in [-0.25, -0.2) is 0 Å². The van der Waals surface area contributed by atoms with Crippen LogP contribution in [0.1, 0.15) is 52.4 Å². The van der Waals surface area contributed by atoms with Crippen LogP contribution in [0.5, 0.6) is 0 Å². The first-order valence-corrected chi connectivity index (χ1v) is 7.58. The summed E-state index contributed by atoms with van der Waals surface area (Å²) in [6.07, 6.45) is 7.92. The molecular weight excluding hydrogens is 240 g/mol. The van der Waals surface area contributed by atoms with Gasteiger partial charge in [0.15, 0.2) is 0 Å². The van der Waals surface area contributed by atoms with Gasteiger partial charge < -0.3 is 15.3 Å². The quantitative estimate of drug-likeness (QED) is 0.665. The minimum Gasteiger partial charge on any atom is -0.481 e. The van der Waals surface area contributed by atoms with Gasteiger partial charge in [-0.05, 0) is 53.2 Å². The van der Waals surface area contributed by atoms with E-state index in [-0.39, 0.29) is 0 Å². The summed E-state index contributed by atoms with van der Waals surface area (Å²) in [5, 5.41) is 12.3. The van der Waals surface area contributed by atoms with E-state index < -0.39 is 11.4 Å². The number of carboxylic acids is 1. The second-order valence-electron chi connectivity index (χ2n) is 6.49. The zero-order valence-electron chi connectivity index (χ0n) is 12.7. The summed E-state index contributed by atoms with van der Waals surface area (Å²) in [6, 6.07) is 0.768. The van der Waals surface area contributed by atoms with Crippen LogP contribution in [0.15, 0.2) is 0 Å². The third kappa shape index (κ3) is 5.91. The standard InChI is InChI=1S/C15H30N2O2/c1-15(2,14(18)19)12-16-10-7-11-17(3)13-8-5-4-6-9-13/h13,16H,4-12H2,1-3H3,(H,18,19). The van der Waals surface area contributed by atoms with Crippen molar-refractivity contribution in [1.82, 2.24) is 10.2 Å². The topological polar surface area (TPSA) is 52.6 Å². The van der Waals surface area contributed by atoms with Crippen molar-refractivity contribution < 1.29 is 9.90 Å². The van der Waals surface area contributed by atoms with Crippen LogP contribution in [0, 0.1) is 5.41 Å². The smallest absolute Gasteiger partial charge is 0.310 e. The van der Waals surface area contributed by atoms with Crippen molar-refractivity contribution in [3.63, 3.8) is 0 Å². The van der Waals surface area contributed by atoms with Gasteiger partial charge in [0, 0.05) is 12.6 Å². The fourth-order valence-corrected chi connectivity index (χ4v) is 2.63. The van der Waals surface area contributed by atoms with E-state index in [1.54, 1.807) is 13.8 Å². The highest BCUT2D eigenvalue weighted by molar-refractivity contribution is 5.73. The van der Waals surface area contributed by atoms with Crippen molar-refractivity contribution in [3.05, 3.63) is 0 Å². The Balaban J connectivity index is 2.08. The second kappa shape index (κ2) is 7.85. The highest BCUT2D eigenvalue weighted by Crippen LogP contribution is 2.21. The fraction of sp³-hybridized carbons (Fsp3) is 0.933. The Kier molecular flexibility index (Phi) is 6.80. The Labute approximate surface area is 117 Å². The average molecular weight is 270 g/mol. The highest BCUT2D eigenvalue weighted by Gasteiger charge is 2.26. The molecule has 1 rings (SSSR count). The number of rotatable bonds is 8. The number of aliphatic carboxylic acids is 1. The summed E-state index contributed by atoms with van der Waals surface area (Å²) in [7, 11) is 2.22. The van der Waals surface area contributed by atoms with Crippen molar-refractivity contribution in [1.29, 1.82) is 0 Å². The molecule has 0 aliphatic heterocycles. The third-order valence-corrected chi connectivity index (χ3v) is 4.21. The molecule has 19 heavy (non-hydrogen) atoms. The van der Waals surface area contributed by atoms with E-state index in [4.69, 9.17) is 5.11 Å². The minimum atomic E-state index is -0.737. The van der Waals surface area contributed by atoms with Gasteiger partial charge in [-0.1, -0.05) is 19.3 Å². The Morgan fingerprint density at radius 1 is 1.32 bits per heavy atom. The van der Waals surface area contributed by atoms with Crippen LogP contribution >= 0.6 is 0 Å². The lowest BCUT2D eigenvalue weighted by Gasteiger charge is -2.31. The van der Waals surface area contributed by atoms with Crippen molar-refractivity contribution in [2.45, 2.75) is 58.4 Å². The molecule has 0 radical (unpaired) electrons. The Morgan fingerprint density at radius 3 is 2.53 bits per heavy atom. The molecule has 0 aromatic carbocycles. The number of hydrogen-bond donors (Lipinski definition) is 2. The van der Waals surface area contributed by atoms with E-state index in [0.717, 1.165) is 25.6 Å². The van der Waals surface area contributed by atoms with Crippen LogP contribution in [0.2, 0.25) is 0 Å². The van der Waals surface area contributed by atoms with Crippen LogP contribution in [0.3, 0.4) is 0 Å². The van der Waals surface area contributed by atoms with Crippen molar-refractivity contribution in [2.75, 3.05) is 26.7 Å². The zero-order chi connectivity index (χ0) is 14.3. The van der Waals surface area contributed by atoms with Gasteiger partial charge in [-0.3, -0.25) is 4.79 Å². The second-order valence-corrected chi connectivity index (χ2v) is 6.49. The lowest BCUT2D eigenvalue weighted by atomic mass is 9.94. The normalized spacial score (nSPS) is 17.9. The average Bonchev–Trinajstić information content (AvgIpc) is 2.38. The van der Waals surface area contributed by atoms with Gasteiger partial charge in [0.1, 0.15) is 0 Å². The molecule has 1 fully saturated rings. The first-order chi connectivity index (χ1) is 8.93. The Morgan fingerprint density at radius 2 is 1.95 bits per heavy atom. The molecule has 0 aromatic heterocycles. The predicted molar refractivity (Wildman–Crippen MR) is 78.4 cm³/mol. The van der Waals surface area contributed by atoms with E-state index in [9.17, 15) is 4.79 Å². The minimum absolute atomic E-state index is 0.537. The van der Waals surface area contributed by atoms with E-state index in [1.807, 2.05) is 0 Å². The van der Waals surface area contributed by atoms with E-state index in [1.165, 1.54) is 32.1 Å². The highest BCUT2D eigenvalue weighted by atomic mass is 16.4. The number of carboxylic acid groups (broad SMARTS) is 1. The summed E-state index contributed by atoms with van der Waals surface area (Å²) in [5.74, 6) is -0.737. The summed E-state index contributed by atoms with van der Waals surface area (Å²) in [5.41, 5.74) is -0.671. The molecule has 0 unspecified atom stereocenters. The van der Waals surface area contributed by atoms with E-state index in [0.29, 0.717) is 6.54 Å². The van der Waals surface area contributed by atoms with Crippen molar-refractivity contribution in [3.8, 4) is 0 Å². The molecule has 112 valence electrons. The van der Waals surface area contributed by atoms with Crippen molar-refractivity contribution >= 4 is 5.97 Å². The summed E-state index contributed by atoms with van der Waals surface area (Å²) < 4.78 is 0. The van der Waals surface area contributed by atoms with Gasteiger partial charge in [0.05, 0.1) is 5.41 Å². The number of carbonyl (C=O) groups is 1. The monoisotopic (exact) mass is 270 g/mol. The van der Waals surface area contributed by atoms with Crippen molar-refractivity contribution in [2.24, 2.45) is 5.41 Å². The number of hydrogen-bond acceptors (Lipinski definition) is 3. The van der Waals surface area contributed by atoms with E-state index in [2.05, 4.69) is 17.3 Å². The molecule has 0 atom stereocenters. The lowest BCUT2D eigenvalue weighted by Crippen LogP contribution is -2.38. The molecule has 0 heterocycles. The van der Waals surface area contributed by atoms with Crippen LogP contribution in [-0.2, 0) is 4.79 Å². The SMILES string of the molecule is CN(CCCNCC(C)(C)C(=O)O)C1CCCCC1. The first-order valence-electron chi connectivity index (χ1n) is 7.58. The van der Waals surface area contributed by atoms with Gasteiger partial charge in [0.25, 0.3) is 0 Å². The molecular formula is C15H30N2O2.